The van der Waals surface area contributed by atoms with Gasteiger partial charge in [0.2, 0.25) is 0 Å². The number of aromatic nitrogens is 3. The van der Waals surface area contributed by atoms with Crippen molar-refractivity contribution >= 4 is 5.91 Å². The molecule has 0 bridgehead atoms. The molecule has 0 unspecified atom stereocenters. The predicted molar refractivity (Wildman–Crippen MR) is 73.2 cm³/mol. The number of nitrogens with one attached hydrogen (secondary N) is 1. The van der Waals surface area contributed by atoms with Crippen molar-refractivity contribution in [3.05, 3.63) is 41.7 Å². The molecule has 1 amide bonds. The lowest BCUT2D eigenvalue weighted by Gasteiger charge is -2.05. The average molecular weight is 275 g/mol. The monoisotopic (exact) mass is 275 g/mol. The maximum atomic E-state index is 11.9. The van der Waals surface area contributed by atoms with E-state index in [1.807, 2.05) is 24.3 Å². The van der Waals surface area contributed by atoms with Gasteiger partial charge in [-0.3, -0.25) is 9.48 Å². The molecule has 0 saturated heterocycles. The van der Waals surface area contributed by atoms with E-state index in [1.54, 1.807) is 18.0 Å². The summed E-state index contributed by atoms with van der Waals surface area (Å²) in [5, 5.41) is 10.4. The Hall–Kier alpha value is -2.41. The highest BCUT2D eigenvalue weighted by atomic mass is 16.5. The standard InChI is InChI=1S/C13H17N5O2/c1-20-11-4-2-3-10(7-11)8-15-13(19)12-9-18(6-5-14)17-16-12/h2-4,7,9H,5-6,8,14H2,1H3,(H,15,19). The Morgan fingerprint density at radius 2 is 2.35 bits per heavy atom. The Morgan fingerprint density at radius 1 is 1.50 bits per heavy atom. The number of hydrogen-bond acceptors (Lipinski definition) is 5. The smallest absolute Gasteiger partial charge is 0.273 e. The fraction of sp³-hybridized carbons (Fsp3) is 0.308. The first-order valence-electron chi connectivity index (χ1n) is 6.24. The molecule has 1 heterocycles. The van der Waals surface area contributed by atoms with E-state index < -0.39 is 0 Å². The lowest BCUT2D eigenvalue weighted by molar-refractivity contribution is 0.0945. The fourth-order valence-electron chi connectivity index (χ4n) is 1.70. The first-order chi connectivity index (χ1) is 9.72. The van der Waals surface area contributed by atoms with E-state index in [0.29, 0.717) is 19.6 Å². The van der Waals surface area contributed by atoms with Gasteiger partial charge >= 0.3 is 0 Å². The zero-order valence-electron chi connectivity index (χ0n) is 11.2. The van der Waals surface area contributed by atoms with E-state index in [-0.39, 0.29) is 11.6 Å². The second-order valence-corrected chi connectivity index (χ2v) is 4.19. The van der Waals surface area contributed by atoms with Crippen LogP contribution in [0.15, 0.2) is 30.5 Å². The van der Waals surface area contributed by atoms with E-state index in [1.165, 1.54) is 0 Å². The first-order valence-corrected chi connectivity index (χ1v) is 6.24. The number of amides is 1. The second-order valence-electron chi connectivity index (χ2n) is 4.19. The van der Waals surface area contributed by atoms with E-state index >= 15 is 0 Å². The summed E-state index contributed by atoms with van der Waals surface area (Å²) in [6.07, 6.45) is 1.58. The van der Waals surface area contributed by atoms with Gasteiger partial charge in [-0.1, -0.05) is 17.3 Å². The van der Waals surface area contributed by atoms with Crippen molar-refractivity contribution < 1.29 is 9.53 Å². The van der Waals surface area contributed by atoms with Crippen molar-refractivity contribution in [2.45, 2.75) is 13.1 Å². The maximum absolute atomic E-state index is 11.9. The minimum absolute atomic E-state index is 0.268. The summed E-state index contributed by atoms with van der Waals surface area (Å²) in [4.78, 5) is 11.9. The summed E-state index contributed by atoms with van der Waals surface area (Å²) < 4.78 is 6.67. The zero-order chi connectivity index (χ0) is 14.4. The van der Waals surface area contributed by atoms with Crippen LogP contribution in [0.5, 0.6) is 5.75 Å². The third kappa shape index (κ3) is 3.55. The van der Waals surface area contributed by atoms with Crippen LogP contribution in [-0.4, -0.2) is 34.6 Å². The number of nitrogens with two attached hydrogens (primary N) is 1. The van der Waals surface area contributed by atoms with Crippen molar-refractivity contribution in [2.24, 2.45) is 5.73 Å². The molecule has 0 fully saturated rings. The summed E-state index contributed by atoms with van der Waals surface area (Å²) in [5.41, 5.74) is 6.64. The molecule has 7 heteroatoms. The molecule has 2 aromatic rings. The Bertz CT molecular complexity index is 582. The molecule has 0 atom stereocenters. The van der Waals surface area contributed by atoms with Crippen molar-refractivity contribution in [1.82, 2.24) is 20.3 Å². The number of rotatable bonds is 6. The number of hydrogen-bond donors (Lipinski definition) is 2. The van der Waals surface area contributed by atoms with Crippen molar-refractivity contribution in [1.29, 1.82) is 0 Å². The molecular formula is C13H17N5O2. The highest BCUT2D eigenvalue weighted by molar-refractivity contribution is 5.91. The molecule has 0 aliphatic rings. The van der Waals surface area contributed by atoms with E-state index in [4.69, 9.17) is 10.5 Å². The summed E-state index contributed by atoms with van der Waals surface area (Å²) in [6.45, 7) is 1.39. The lowest BCUT2D eigenvalue weighted by Crippen LogP contribution is -2.23. The quantitative estimate of drug-likeness (QED) is 0.784. The highest BCUT2D eigenvalue weighted by Crippen LogP contribution is 2.12. The van der Waals surface area contributed by atoms with Gasteiger partial charge in [-0.2, -0.15) is 0 Å². The van der Waals surface area contributed by atoms with Crippen LogP contribution in [0, 0.1) is 0 Å². The lowest BCUT2D eigenvalue weighted by atomic mass is 10.2. The average Bonchev–Trinajstić information content (AvgIpc) is 2.94. The third-order valence-corrected chi connectivity index (χ3v) is 2.72. The van der Waals surface area contributed by atoms with Gasteiger partial charge in [0, 0.05) is 13.1 Å². The molecular weight excluding hydrogens is 258 g/mol. The number of benzene rings is 1. The Morgan fingerprint density at radius 3 is 3.10 bits per heavy atom. The van der Waals surface area contributed by atoms with E-state index in [2.05, 4.69) is 15.6 Å². The summed E-state index contributed by atoms with van der Waals surface area (Å²) in [6, 6.07) is 7.50. The van der Waals surface area contributed by atoms with Crippen LogP contribution in [0.2, 0.25) is 0 Å². The van der Waals surface area contributed by atoms with Gasteiger partial charge < -0.3 is 15.8 Å². The summed E-state index contributed by atoms with van der Waals surface area (Å²) >= 11 is 0. The number of ether oxygens (including phenoxy) is 1. The molecule has 3 N–H and O–H groups in total. The number of carbonyl (C=O) groups is 1. The van der Waals surface area contributed by atoms with Crippen LogP contribution in [0.4, 0.5) is 0 Å². The zero-order valence-corrected chi connectivity index (χ0v) is 11.2. The number of methoxy groups -OCH3 is 1. The Balaban J connectivity index is 1.93. The highest BCUT2D eigenvalue weighted by Gasteiger charge is 2.10. The molecule has 0 saturated carbocycles. The molecule has 7 nitrogen and oxygen atoms in total. The summed E-state index contributed by atoms with van der Waals surface area (Å²) in [7, 11) is 1.60. The SMILES string of the molecule is COc1cccc(CNC(=O)c2cn(CCN)nn2)c1. The molecule has 0 aliphatic heterocycles. The van der Waals surface area contributed by atoms with Crippen molar-refractivity contribution in [3.63, 3.8) is 0 Å². The molecule has 106 valence electrons. The van der Waals surface area contributed by atoms with Gasteiger partial charge in [0.15, 0.2) is 5.69 Å². The van der Waals surface area contributed by atoms with Gasteiger partial charge in [-0.25, -0.2) is 0 Å². The largest absolute Gasteiger partial charge is 0.497 e. The van der Waals surface area contributed by atoms with Crippen molar-refractivity contribution in [3.8, 4) is 5.75 Å². The van der Waals surface area contributed by atoms with Crippen molar-refractivity contribution in [2.75, 3.05) is 13.7 Å². The Labute approximate surface area is 116 Å². The van der Waals surface area contributed by atoms with Crippen LogP contribution in [0.1, 0.15) is 16.1 Å². The van der Waals surface area contributed by atoms with Gasteiger partial charge in [-0.15, -0.1) is 5.10 Å². The van der Waals surface area contributed by atoms with Gasteiger partial charge in [0.25, 0.3) is 5.91 Å². The molecule has 20 heavy (non-hydrogen) atoms. The van der Waals surface area contributed by atoms with Crippen LogP contribution in [0.3, 0.4) is 0 Å². The van der Waals surface area contributed by atoms with Gasteiger partial charge in [-0.05, 0) is 17.7 Å². The minimum Gasteiger partial charge on any atom is -0.497 e. The summed E-state index contributed by atoms with van der Waals surface area (Å²) in [5.74, 6) is 0.488. The first kappa shape index (κ1) is 14.0. The molecule has 1 aromatic carbocycles. The molecule has 0 spiro atoms. The Kier molecular flexibility index (Phi) is 4.67. The normalized spacial score (nSPS) is 10.3. The van der Waals surface area contributed by atoms with Gasteiger partial charge in [0.05, 0.1) is 19.9 Å². The third-order valence-electron chi connectivity index (χ3n) is 2.72. The van der Waals surface area contributed by atoms with Gasteiger partial charge in [0.1, 0.15) is 5.75 Å². The molecule has 0 aliphatic carbocycles. The molecule has 2 rings (SSSR count). The minimum atomic E-state index is -0.268. The molecule has 0 radical (unpaired) electrons. The van der Waals surface area contributed by atoms with Crippen LogP contribution < -0.4 is 15.8 Å². The topological polar surface area (TPSA) is 95.1 Å². The fourth-order valence-corrected chi connectivity index (χ4v) is 1.70. The van der Waals surface area contributed by atoms with E-state index in [9.17, 15) is 4.79 Å². The second kappa shape index (κ2) is 6.67. The van der Waals surface area contributed by atoms with E-state index in [0.717, 1.165) is 11.3 Å². The number of nitrogens with zero attached hydrogens (tertiary/aromatic N) is 3. The predicted octanol–water partition coefficient (Wildman–Crippen LogP) is 0.175. The molecule has 1 aromatic heterocycles. The maximum Gasteiger partial charge on any atom is 0.273 e. The van der Waals surface area contributed by atoms with Crippen LogP contribution in [-0.2, 0) is 13.1 Å². The van der Waals surface area contributed by atoms with Crippen LogP contribution >= 0.6 is 0 Å². The number of carbonyl (C=O) groups excluding carboxylic acids is 1. The van der Waals surface area contributed by atoms with Crippen LogP contribution in [0.25, 0.3) is 0 Å².